The molecule has 2 heterocycles. The van der Waals surface area contributed by atoms with Gasteiger partial charge < -0.3 is 4.57 Å². The third-order valence-corrected chi connectivity index (χ3v) is 5.20. The Labute approximate surface area is 121 Å². The Morgan fingerprint density at radius 2 is 2.05 bits per heavy atom. The lowest BCUT2D eigenvalue weighted by Gasteiger charge is -2.13. The Kier molecular flexibility index (Phi) is 2.81. The van der Waals surface area contributed by atoms with Crippen LogP contribution in [-0.4, -0.2) is 10.3 Å². The van der Waals surface area contributed by atoms with Crippen molar-refractivity contribution in [2.45, 2.75) is 17.4 Å². The summed E-state index contributed by atoms with van der Waals surface area (Å²) >= 11 is 1.92. The van der Waals surface area contributed by atoms with Crippen LogP contribution in [0.25, 0.3) is 10.9 Å². The predicted octanol–water partition coefficient (Wildman–Crippen LogP) is 4.67. The van der Waals surface area contributed by atoms with Gasteiger partial charge in [0.05, 0.1) is 5.52 Å². The van der Waals surface area contributed by atoms with Crippen molar-refractivity contribution >= 4 is 22.7 Å². The van der Waals surface area contributed by atoms with E-state index >= 15 is 0 Å². The highest BCUT2D eigenvalue weighted by Crippen LogP contribution is 2.40. The Morgan fingerprint density at radius 1 is 1.15 bits per heavy atom. The lowest BCUT2D eigenvalue weighted by atomic mass is 10.0. The first-order chi connectivity index (χ1) is 9.81. The molecule has 3 heteroatoms. The standard InChI is InChI=1S/C17H14FNS/c18-14-6-5-12-7-8-19(16(12)9-14)10-13-11-20-17-4-2-1-3-15(13)17/h1-9,13H,10-11H2. The number of thioether (sulfide) groups is 1. The number of hydrogen-bond donors (Lipinski definition) is 0. The molecule has 0 N–H and O–H groups in total. The zero-order valence-electron chi connectivity index (χ0n) is 10.9. The molecule has 0 spiro atoms. The summed E-state index contributed by atoms with van der Waals surface area (Å²) in [7, 11) is 0. The Balaban J connectivity index is 1.70. The highest BCUT2D eigenvalue weighted by atomic mass is 32.2. The zero-order chi connectivity index (χ0) is 13.5. The maximum absolute atomic E-state index is 13.4. The second-order valence-electron chi connectivity index (χ2n) is 5.22. The van der Waals surface area contributed by atoms with Crippen LogP contribution in [0.4, 0.5) is 4.39 Å². The maximum Gasteiger partial charge on any atom is 0.125 e. The van der Waals surface area contributed by atoms with E-state index in [1.807, 2.05) is 17.8 Å². The number of nitrogens with zero attached hydrogens (tertiary/aromatic N) is 1. The van der Waals surface area contributed by atoms with Crippen molar-refractivity contribution in [1.82, 2.24) is 4.57 Å². The van der Waals surface area contributed by atoms with Crippen LogP contribution >= 0.6 is 11.8 Å². The van der Waals surface area contributed by atoms with Gasteiger partial charge in [0.15, 0.2) is 0 Å². The normalized spacial score (nSPS) is 17.6. The van der Waals surface area contributed by atoms with Crippen molar-refractivity contribution in [2.75, 3.05) is 5.75 Å². The van der Waals surface area contributed by atoms with Gasteiger partial charge in [0.2, 0.25) is 0 Å². The van der Waals surface area contributed by atoms with Crippen molar-refractivity contribution in [3.63, 3.8) is 0 Å². The number of benzene rings is 2. The quantitative estimate of drug-likeness (QED) is 0.661. The second kappa shape index (κ2) is 4.67. The molecule has 100 valence electrons. The zero-order valence-corrected chi connectivity index (χ0v) is 11.7. The fraction of sp³-hybridized carbons (Fsp3) is 0.176. The molecule has 0 amide bonds. The summed E-state index contributed by atoms with van der Waals surface area (Å²) in [4.78, 5) is 1.39. The fourth-order valence-electron chi connectivity index (χ4n) is 2.93. The summed E-state index contributed by atoms with van der Waals surface area (Å²) < 4.78 is 15.6. The topological polar surface area (TPSA) is 4.93 Å². The van der Waals surface area contributed by atoms with Crippen molar-refractivity contribution in [3.8, 4) is 0 Å². The first-order valence-corrected chi connectivity index (χ1v) is 7.76. The van der Waals surface area contributed by atoms with Gasteiger partial charge >= 0.3 is 0 Å². The van der Waals surface area contributed by atoms with Gasteiger partial charge in [-0.1, -0.05) is 18.2 Å². The SMILES string of the molecule is Fc1ccc2ccn(CC3CSc4ccccc43)c2c1. The summed E-state index contributed by atoms with van der Waals surface area (Å²) in [5, 5.41) is 1.10. The van der Waals surface area contributed by atoms with E-state index in [-0.39, 0.29) is 5.82 Å². The van der Waals surface area contributed by atoms with Crippen molar-refractivity contribution < 1.29 is 4.39 Å². The van der Waals surface area contributed by atoms with Gasteiger partial charge in [0.25, 0.3) is 0 Å². The maximum atomic E-state index is 13.4. The molecule has 1 aromatic heterocycles. The van der Waals surface area contributed by atoms with E-state index in [0.29, 0.717) is 5.92 Å². The van der Waals surface area contributed by atoms with E-state index in [1.165, 1.54) is 16.5 Å². The lowest BCUT2D eigenvalue weighted by Crippen LogP contribution is -2.07. The molecular weight excluding hydrogens is 269 g/mol. The van der Waals surface area contributed by atoms with Crippen LogP contribution in [-0.2, 0) is 6.54 Å². The molecule has 1 aliphatic rings. The van der Waals surface area contributed by atoms with Crippen LogP contribution in [0, 0.1) is 5.82 Å². The molecule has 0 saturated carbocycles. The predicted molar refractivity (Wildman–Crippen MR) is 81.8 cm³/mol. The van der Waals surface area contributed by atoms with Gasteiger partial charge in [0, 0.05) is 29.3 Å². The van der Waals surface area contributed by atoms with Crippen LogP contribution in [0.3, 0.4) is 0 Å². The molecule has 0 bridgehead atoms. The molecule has 2 aromatic carbocycles. The van der Waals surface area contributed by atoms with Gasteiger partial charge in [-0.25, -0.2) is 4.39 Å². The summed E-state index contributed by atoms with van der Waals surface area (Å²) in [5.74, 6) is 1.45. The van der Waals surface area contributed by atoms with E-state index < -0.39 is 0 Å². The molecular formula is C17H14FNS. The van der Waals surface area contributed by atoms with E-state index in [4.69, 9.17) is 0 Å². The number of halogens is 1. The van der Waals surface area contributed by atoms with Crippen LogP contribution < -0.4 is 0 Å². The molecule has 1 nitrogen and oxygen atoms in total. The summed E-state index contributed by atoms with van der Waals surface area (Å²) in [6.45, 7) is 0.914. The molecule has 0 fully saturated rings. The van der Waals surface area contributed by atoms with E-state index in [2.05, 4.69) is 41.1 Å². The van der Waals surface area contributed by atoms with Crippen molar-refractivity contribution in [2.24, 2.45) is 0 Å². The summed E-state index contributed by atoms with van der Waals surface area (Å²) in [6.07, 6.45) is 2.07. The van der Waals surface area contributed by atoms with Gasteiger partial charge in [-0.15, -0.1) is 11.8 Å². The summed E-state index contributed by atoms with van der Waals surface area (Å²) in [5.41, 5.74) is 2.41. The van der Waals surface area contributed by atoms with Crippen LogP contribution in [0.2, 0.25) is 0 Å². The molecule has 1 atom stereocenters. The molecule has 3 aromatic rings. The number of aromatic nitrogens is 1. The van der Waals surface area contributed by atoms with Crippen molar-refractivity contribution in [3.05, 3.63) is 66.1 Å². The number of hydrogen-bond acceptors (Lipinski definition) is 1. The first kappa shape index (κ1) is 12.0. The molecule has 0 aliphatic carbocycles. The molecule has 0 saturated heterocycles. The first-order valence-electron chi connectivity index (χ1n) is 6.77. The van der Waals surface area contributed by atoms with Crippen LogP contribution in [0.5, 0.6) is 0 Å². The molecule has 20 heavy (non-hydrogen) atoms. The fourth-order valence-corrected chi connectivity index (χ4v) is 4.18. The van der Waals surface area contributed by atoms with Gasteiger partial charge in [-0.05, 0) is 41.3 Å². The van der Waals surface area contributed by atoms with Crippen molar-refractivity contribution in [1.29, 1.82) is 0 Å². The molecule has 1 unspecified atom stereocenters. The number of rotatable bonds is 2. The Bertz CT molecular complexity index is 778. The van der Waals surface area contributed by atoms with Gasteiger partial charge in [0.1, 0.15) is 5.82 Å². The summed E-state index contributed by atoms with van der Waals surface area (Å²) in [6, 6.07) is 15.7. The third kappa shape index (κ3) is 1.93. The van der Waals surface area contributed by atoms with Gasteiger partial charge in [-0.2, -0.15) is 0 Å². The molecule has 1 aliphatic heterocycles. The average molecular weight is 283 g/mol. The lowest BCUT2D eigenvalue weighted by molar-refractivity contribution is 0.613. The Morgan fingerprint density at radius 3 is 3.00 bits per heavy atom. The largest absolute Gasteiger partial charge is 0.347 e. The van der Waals surface area contributed by atoms with E-state index in [1.54, 1.807) is 6.07 Å². The van der Waals surface area contributed by atoms with Crippen LogP contribution in [0.1, 0.15) is 11.5 Å². The molecule has 0 radical (unpaired) electrons. The average Bonchev–Trinajstić information content (AvgIpc) is 3.05. The number of fused-ring (bicyclic) bond motifs is 2. The highest BCUT2D eigenvalue weighted by Gasteiger charge is 2.23. The minimum atomic E-state index is -0.168. The smallest absolute Gasteiger partial charge is 0.125 e. The molecule has 4 rings (SSSR count). The van der Waals surface area contributed by atoms with Gasteiger partial charge in [-0.3, -0.25) is 0 Å². The van der Waals surface area contributed by atoms with Crippen LogP contribution in [0.15, 0.2) is 59.6 Å². The minimum absolute atomic E-state index is 0.168. The van der Waals surface area contributed by atoms with E-state index in [9.17, 15) is 4.39 Å². The second-order valence-corrected chi connectivity index (χ2v) is 6.28. The Hall–Kier alpha value is -1.74. The highest BCUT2D eigenvalue weighted by molar-refractivity contribution is 7.99. The minimum Gasteiger partial charge on any atom is -0.347 e. The third-order valence-electron chi connectivity index (χ3n) is 3.95. The van der Waals surface area contributed by atoms with E-state index in [0.717, 1.165) is 23.2 Å². The monoisotopic (exact) mass is 283 g/mol.